The van der Waals surface area contributed by atoms with Crippen molar-refractivity contribution in [3.63, 3.8) is 0 Å². The van der Waals surface area contributed by atoms with Gasteiger partial charge in [0.1, 0.15) is 11.5 Å². The molecule has 3 rings (SSSR count). The third-order valence-electron chi connectivity index (χ3n) is 4.53. The van der Waals surface area contributed by atoms with Gasteiger partial charge in [-0.3, -0.25) is 9.69 Å². The summed E-state index contributed by atoms with van der Waals surface area (Å²) in [4.78, 5) is 16.8. The van der Waals surface area contributed by atoms with Crippen LogP contribution in [0.2, 0.25) is 0 Å². The van der Waals surface area contributed by atoms with Crippen LogP contribution < -0.4 is 19.7 Å². The van der Waals surface area contributed by atoms with Gasteiger partial charge in [0.05, 0.1) is 20.8 Å². The number of hydrogen-bond acceptors (Lipinski definition) is 5. The fraction of sp³-hybridized carbons (Fsp3) is 0.350. The van der Waals surface area contributed by atoms with E-state index in [0.29, 0.717) is 6.54 Å². The highest BCUT2D eigenvalue weighted by Gasteiger charge is 2.19. The van der Waals surface area contributed by atoms with Gasteiger partial charge in [0.25, 0.3) is 0 Å². The number of rotatable bonds is 6. The molecule has 0 atom stereocenters. The first kappa shape index (κ1) is 18.1. The predicted molar refractivity (Wildman–Crippen MR) is 103 cm³/mol. The third-order valence-corrected chi connectivity index (χ3v) is 4.53. The van der Waals surface area contributed by atoms with Gasteiger partial charge in [0, 0.05) is 43.6 Å². The van der Waals surface area contributed by atoms with E-state index in [1.807, 2.05) is 42.5 Å². The van der Waals surface area contributed by atoms with Gasteiger partial charge in [-0.05, 0) is 36.4 Å². The van der Waals surface area contributed by atoms with Crippen LogP contribution in [-0.2, 0) is 4.79 Å². The molecule has 1 aliphatic heterocycles. The van der Waals surface area contributed by atoms with Crippen LogP contribution >= 0.6 is 0 Å². The topological polar surface area (TPSA) is 54.0 Å². The molecule has 0 aliphatic carbocycles. The highest BCUT2D eigenvalue weighted by atomic mass is 16.5. The van der Waals surface area contributed by atoms with Crippen LogP contribution in [0.3, 0.4) is 0 Å². The molecule has 1 aliphatic rings. The van der Waals surface area contributed by atoms with Crippen molar-refractivity contribution in [3.8, 4) is 11.5 Å². The number of hydrogen-bond donors (Lipinski definition) is 1. The summed E-state index contributed by atoms with van der Waals surface area (Å²) in [6.07, 6.45) is 0. The number of methoxy groups -OCH3 is 2. The molecule has 0 bridgehead atoms. The van der Waals surface area contributed by atoms with E-state index >= 15 is 0 Å². The van der Waals surface area contributed by atoms with E-state index in [9.17, 15) is 4.79 Å². The Hall–Kier alpha value is -2.73. The molecule has 1 heterocycles. The summed E-state index contributed by atoms with van der Waals surface area (Å²) in [7, 11) is 3.30. The van der Waals surface area contributed by atoms with Crippen molar-refractivity contribution in [1.29, 1.82) is 0 Å². The Morgan fingerprint density at radius 3 is 2.31 bits per heavy atom. The molecule has 0 saturated carbocycles. The second-order valence-corrected chi connectivity index (χ2v) is 6.24. The number of nitrogens with zero attached hydrogens (tertiary/aromatic N) is 2. The number of carbonyl (C=O) groups excluding carboxylic acids is 1. The Balaban J connectivity index is 1.47. The summed E-state index contributed by atoms with van der Waals surface area (Å²) in [6.45, 7) is 3.89. The standard InChI is InChI=1S/C20H25N3O3/c1-25-18-8-6-16(7-9-18)21-20(24)15-22-10-12-23(13-11-22)17-4-3-5-19(14-17)26-2/h3-9,14H,10-13,15H2,1-2H3,(H,21,24). The maximum absolute atomic E-state index is 12.3. The molecule has 2 aromatic carbocycles. The van der Waals surface area contributed by atoms with Gasteiger partial charge in [-0.25, -0.2) is 0 Å². The fourth-order valence-corrected chi connectivity index (χ4v) is 3.05. The van der Waals surface area contributed by atoms with E-state index in [2.05, 4.69) is 21.2 Å². The van der Waals surface area contributed by atoms with Crippen molar-refractivity contribution in [2.24, 2.45) is 0 Å². The van der Waals surface area contributed by atoms with Crippen LogP contribution in [-0.4, -0.2) is 57.8 Å². The molecule has 6 nitrogen and oxygen atoms in total. The Bertz CT molecular complexity index is 725. The minimum Gasteiger partial charge on any atom is -0.497 e. The van der Waals surface area contributed by atoms with Crippen LogP contribution in [0.1, 0.15) is 0 Å². The average molecular weight is 355 g/mol. The lowest BCUT2D eigenvalue weighted by Crippen LogP contribution is -2.48. The number of nitrogens with one attached hydrogen (secondary N) is 1. The van der Waals surface area contributed by atoms with E-state index in [-0.39, 0.29) is 5.91 Å². The quantitative estimate of drug-likeness (QED) is 0.863. The summed E-state index contributed by atoms with van der Waals surface area (Å²) in [5.41, 5.74) is 1.94. The summed E-state index contributed by atoms with van der Waals surface area (Å²) < 4.78 is 10.4. The molecule has 2 aromatic rings. The number of amides is 1. The van der Waals surface area contributed by atoms with E-state index in [4.69, 9.17) is 9.47 Å². The molecule has 0 radical (unpaired) electrons. The van der Waals surface area contributed by atoms with Crippen LogP contribution in [0.25, 0.3) is 0 Å². The van der Waals surface area contributed by atoms with Gasteiger partial charge in [-0.1, -0.05) is 6.07 Å². The molecule has 0 spiro atoms. The molecular weight excluding hydrogens is 330 g/mol. The van der Waals surface area contributed by atoms with Crippen molar-refractivity contribution >= 4 is 17.3 Å². The summed E-state index contributed by atoms with van der Waals surface area (Å²) in [5, 5.41) is 2.93. The first-order valence-electron chi connectivity index (χ1n) is 8.73. The maximum atomic E-state index is 12.3. The van der Waals surface area contributed by atoms with Crippen molar-refractivity contribution in [3.05, 3.63) is 48.5 Å². The summed E-state index contributed by atoms with van der Waals surface area (Å²) >= 11 is 0. The zero-order valence-corrected chi connectivity index (χ0v) is 15.3. The third kappa shape index (κ3) is 4.67. The molecule has 1 N–H and O–H groups in total. The van der Waals surface area contributed by atoms with Crippen molar-refractivity contribution in [2.45, 2.75) is 0 Å². The zero-order chi connectivity index (χ0) is 18.4. The number of benzene rings is 2. The van der Waals surface area contributed by atoms with E-state index in [1.54, 1.807) is 14.2 Å². The van der Waals surface area contributed by atoms with Gasteiger partial charge in [-0.15, -0.1) is 0 Å². The van der Waals surface area contributed by atoms with Gasteiger partial charge in [0.15, 0.2) is 0 Å². The van der Waals surface area contributed by atoms with Crippen molar-refractivity contribution in [1.82, 2.24) is 4.90 Å². The lowest BCUT2D eigenvalue weighted by Gasteiger charge is -2.35. The maximum Gasteiger partial charge on any atom is 0.238 e. The summed E-state index contributed by atoms with van der Waals surface area (Å²) in [5.74, 6) is 1.64. The van der Waals surface area contributed by atoms with Crippen LogP contribution in [0.5, 0.6) is 11.5 Å². The second-order valence-electron chi connectivity index (χ2n) is 6.24. The Kier molecular flexibility index (Phi) is 5.96. The van der Waals surface area contributed by atoms with E-state index in [1.165, 1.54) is 0 Å². The largest absolute Gasteiger partial charge is 0.497 e. The highest BCUT2D eigenvalue weighted by Crippen LogP contribution is 2.22. The van der Waals surface area contributed by atoms with Crippen molar-refractivity contribution in [2.75, 3.05) is 57.2 Å². The number of ether oxygens (including phenoxy) is 2. The van der Waals surface area contributed by atoms with Gasteiger partial charge in [0.2, 0.25) is 5.91 Å². The second kappa shape index (κ2) is 8.58. The van der Waals surface area contributed by atoms with Gasteiger partial charge >= 0.3 is 0 Å². The lowest BCUT2D eigenvalue weighted by molar-refractivity contribution is -0.117. The first-order valence-corrected chi connectivity index (χ1v) is 8.73. The molecule has 6 heteroatoms. The molecule has 0 unspecified atom stereocenters. The minimum atomic E-state index is 0.00463. The monoisotopic (exact) mass is 355 g/mol. The molecule has 1 saturated heterocycles. The molecule has 0 aromatic heterocycles. The summed E-state index contributed by atoms with van der Waals surface area (Å²) in [6, 6.07) is 15.5. The molecule has 1 fully saturated rings. The van der Waals surface area contributed by atoms with Gasteiger partial charge in [-0.2, -0.15) is 0 Å². The van der Waals surface area contributed by atoms with Crippen LogP contribution in [0.4, 0.5) is 11.4 Å². The smallest absolute Gasteiger partial charge is 0.238 e. The number of carbonyl (C=O) groups is 1. The molecule has 26 heavy (non-hydrogen) atoms. The first-order chi connectivity index (χ1) is 12.7. The zero-order valence-electron chi connectivity index (χ0n) is 15.3. The molecule has 138 valence electrons. The number of piperazine rings is 1. The normalized spacial score (nSPS) is 14.8. The van der Waals surface area contributed by atoms with E-state index < -0.39 is 0 Å². The SMILES string of the molecule is COc1ccc(NC(=O)CN2CCN(c3cccc(OC)c3)CC2)cc1. The van der Waals surface area contributed by atoms with Crippen LogP contribution in [0, 0.1) is 0 Å². The lowest BCUT2D eigenvalue weighted by atomic mass is 10.2. The molecule has 1 amide bonds. The number of anilines is 2. The highest BCUT2D eigenvalue weighted by molar-refractivity contribution is 5.92. The van der Waals surface area contributed by atoms with E-state index in [0.717, 1.165) is 49.1 Å². The van der Waals surface area contributed by atoms with Crippen LogP contribution in [0.15, 0.2) is 48.5 Å². The average Bonchev–Trinajstić information content (AvgIpc) is 2.69. The molecular formula is C20H25N3O3. The Labute approximate surface area is 154 Å². The van der Waals surface area contributed by atoms with Gasteiger partial charge < -0.3 is 19.7 Å². The minimum absolute atomic E-state index is 0.00463. The fourth-order valence-electron chi connectivity index (χ4n) is 3.05. The predicted octanol–water partition coefficient (Wildman–Crippen LogP) is 2.46. The Morgan fingerprint density at radius 1 is 0.962 bits per heavy atom. The van der Waals surface area contributed by atoms with Crippen molar-refractivity contribution < 1.29 is 14.3 Å². The Morgan fingerprint density at radius 2 is 1.65 bits per heavy atom.